The Balaban J connectivity index is 1.65. The Morgan fingerprint density at radius 2 is 2.23 bits per heavy atom. The Morgan fingerprint density at radius 3 is 3.09 bits per heavy atom. The number of hydrogen-bond acceptors (Lipinski definition) is 6. The van der Waals surface area contributed by atoms with Crippen LogP contribution in [0.25, 0.3) is 22.1 Å². The van der Waals surface area contributed by atoms with Gasteiger partial charge in [0.05, 0.1) is 11.9 Å². The third-order valence-corrected chi connectivity index (χ3v) is 3.40. The van der Waals surface area contributed by atoms with Crippen LogP contribution in [0.5, 0.6) is 0 Å². The molecular formula is C14H12N6O2. The zero-order valence-corrected chi connectivity index (χ0v) is 11.7. The highest BCUT2D eigenvalue weighted by atomic mass is 16.3. The average Bonchev–Trinajstić information content (AvgIpc) is 3.08. The van der Waals surface area contributed by atoms with Crippen LogP contribution in [0.2, 0.25) is 0 Å². The highest BCUT2D eigenvalue weighted by Gasteiger charge is 2.12. The Kier molecular flexibility index (Phi) is 2.68. The molecule has 8 nitrogen and oxygen atoms in total. The number of aromatic nitrogens is 5. The van der Waals surface area contributed by atoms with E-state index in [0.29, 0.717) is 40.3 Å². The van der Waals surface area contributed by atoms with Crippen molar-refractivity contribution >= 4 is 28.0 Å². The number of nitrogens with zero attached hydrogens (tertiary/aromatic N) is 4. The lowest BCUT2D eigenvalue weighted by Gasteiger charge is -1.99. The van der Waals surface area contributed by atoms with Crippen LogP contribution in [0, 0.1) is 0 Å². The van der Waals surface area contributed by atoms with Gasteiger partial charge in [-0.2, -0.15) is 5.10 Å². The van der Waals surface area contributed by atoms with E-state index in [1.54, 1.807) is 35.4 Å². The molecular weight excluding hydrogens is 284 g/mol. The molecule has 0 fully saturated rings. The fraction of sp³-hybridized carbons (Fsp3) is 0.143. The Bertz CT molecular complexity index is 1030. The van der Waals surface area contributed by atoms with Crippen molar-refractivity contribution in [3.05, 3.63) is 46.8 Å². The van der Waals surface area contributed by atoms with Crippen LogP contribution in [0.15, 0.2) is 39.9 Å². The quantitative estimate of drug-likeness (QED) is 0.592. The van der Waals surface area contributed by atoms with Gasteiger partial charge in [0.1, 0.15) is 11.3 Å². The third kappa shape index (κ3) is 1.93. The zero-order chi connectivity index (χ0) is 15.1. The summed E-state index contributed by atoms with van der Waals surface area (Å²) in [4.78, 5) is 22.8. The van der Waals surface area contributed by atoms with Crippen molar-refractivity contribution in [3.8, 4) is 0 Å². The van der Waals surface area contributed by atoms with Gasteiger partial charge in [-0.25, -0.2) is 14.6 Å². The van der Waals surface area contributed by atoms with Crippen LogP contribution in [-0.4, -0.2) is 24.7 Å². The van der Waals surface area contributed by atoms with Crippen LogP contribution >= 0.6 is 0 Å². The molecule has 4 rings (SSSR count). The van der Waals surface area contributed by atoms with Crippen molar-refractivity contribution in [2.45, 2.75) is 6.54 Å². The second-order valence-corrected chi connectivity index (χ2v) is 4.85. The first-order valence-electron chi connectivity index (χ1n) is 6.70. The molecule has 110 valence electrons. The number of furan rings is 1. The number of aryl methyl sites for hydroxylation is 1. The summed E-state index contributed by atoms with van der Waals surface area (Å²) in [5, 5.41) is 8.04. The van der Waals surface area contributed by atoms with Gasteiger partial charge in [0.25, 0.3) is 5.56 Å². The lowest BCUT2D eigenvalue weighted by Crippen LogP contribution is -2.02. The van der Waals surface area contributed by atoms with Crippen LogP contribution in [0.3, 0.4) is 0 Å². The Hall–Kier alpha value is -3.16. The molecule has 0 spiro atoms. The largest absolute Gasteiger partial charge is 0.459 e. The lowest BCUT2D eigenvalue weighted by atomic mass is 10.3. The fourth-order valence-electron chi connectivity index (χ4n) is 2.39. The molecule has 0 amide bonds. The third-order valence-electron chi connectivity index (χ3n) is 3.40. The molecule has 0 aliphatic carbocycles. The molecule has 22 heavy (non-hydrogen) atoms. The van der Waals surface area contributed by atoms with E-state index < -0.39 is 0 Å². The molecule has 0 aromatic carbocycles. The van der Waals surface area contributed by atoms with Crippen molar-refractivity contribution in [3.63, 3.8) is 0 Å². The van der Waals surface area contributed by atoms with Crippen LogP contribution in [-0.2, 0) is 13.6 Å². The van der Waals surface area contributed by atoms with Crippen LogP contribution in [0.4, 0.5) is 5.82 Å². The monoisotopic (exact) mass is 296 g/mol. The second-order valence-electron chi connectivity index (χ2n) is 4.85. The maximum atomic E-state index is 11.7. The summed E-state index contributed by atoms with van der Waals surface area (Å²) in [6, 6.07) is 3.44. The molecule has 0 saturated heterocycles. The second kappa shape index (κ2) is 4.69. The van der Waals surface area contributed by atoms with Gasteiger partial charge >= 0.3 is 0 Å². The van der Waals surface area contributed by atoms with Gasteiger partial charge in [-0.3, -0.25) is 4.79 Å². The predicted molar refractivity (Wildman–Crippen MR) is 80.5 cm³/mol. The number of nitrogens with one attached hydrogen (secondary N) is 2. The van der Waals surface area contributed by atoms with Gasteiger partial charge < -0.3 is 14.7 Å². The summed E-state index contributed by atoms with van der Waals surface area (Å²) in [6.07, 6.45) is 4.81. The van der Waals surface area contributed by atoms with Crippen molar-refractivity contribution in [1.29, 1.82) is 0 Å². The summed E-state index contributed by atoms with van der Waals surface area (Å²) >= 11 is 0. The van der Waals surface area contributed by atoms with Gasteiger partial charge in [0.15, 0.2) is 17.0 Å². The normalized spacial score (nSPS) is 11.3. The first kappa shape index (κ1) is 12.6. The zero-order valence-electron chi connectivity index (χ0n) is 11.7. The SMILES string of the molecule is Cn1nc(NCc2cc3c(=O)[nH]ccc3o2)c2nccnc21. The molecule has 0 aliphatic heterocycles. The van der Waals surface area contributed by atoms with E-state index in [4.69, 9.17) is 4.42 Å². The molecule has 0 atom stereocenters. The summed E-state index contributed by atoms with van der Waals surface area (Å²) in [5.74, 6) is 1.27. The highest BCUT2D eigenvalue weighted by molar-refractivity contribution is 5.83. The van der Waals surface area contributed by atoms with Gasteiger partial charge in [-0.15, -0.1) is 0 Å². The minimum Gasteiger partial charge on any atom is -0.459 e. The Morgan fingerprint density at radius 1 is 1.36 bits per heavy atom. The number of fused-ring (bicyclic) bond motifs is 2. The van der Waals surface area contributed by atoms with Gasteiger partial charge in [-0.05, 0) is 12.1 Å². The van der Waals surface area contributed by atoms with E-state index in [0.717, 1.165) is 0 Å². The molecule has 0 radical (unpaired) electrons. The fourth-order valence-corrected chi connectivity index (χ4v) is 2.39. The van der Waals surface area contributed by atoms with Crippen molar-refractivity contribution in [2.75, 3.05) is 5.32 Å². The van der Waals surface area contributed by atoms with E-state index in [1.807, 2.05) is 7.05 Å². The van der Waals surface area contributed by atoms with E-state index in [9.17, 15) is 4.79 Å². The molecule has 0 unspecified atom stereocenters. The highest BCUT2D eigenvalue weighted by Crippen LogP contribution is 2.20. The summed E-state index contributed by atoms with van der Waals surface area (Å²) in [7, 11) is 1.81. The predicted octanol–water partition coefficient (Wildman–Crippen LogP) is 1.41. The summed E-state index contributed by atoms with van der Waals surface area (Å²) in [5.41, 5.74) is 1.79. The minimum absolute atomic E-state index is 0.165. The van der Waals surface area contributed by atoms with E-state index in [2.05, 4.69) is 25.4 Å². The van der Waals surface area contributed by atoms with E-state index in [1.165, 1.54) is 0 Å². The van der Waals surface area contributed by atoms with Crippen molar-refractivity contribution < 1.29 is 4.42 Å². The number of H-pyrrole nitrogens is 1. The lowest BCUT2D eigenvalue weighted by molar-refractivity contribution is 0.558. The molecule has 0 saturated carbocycles. The average molecular weight is 296 g/mol. The molecule has 8 heteroatoms. The van der Waals surface area contributed by atoms with E-state index in [-0.39, 0.29) is 5.56 Å². The molecule has 4 aromatic rings. The van der Waals surface area contributed by atoms with Gasteiger partial charge in [-0.1, -0.05) is 0 Å². The van der Waals surface area contributed by atoms with Gasteiger partial charge in [0.2, 0.25) is 0 Å². The Labute approximate surface area is 123 Å². The maximum Gasteiger partial charge on any atom is 0.259 e. The van der Waals surface area contributed by atoms with Crippen molar-refractivity contribution in [1.82, 2.24) is 24.7 Å². The standard InChI is InChI=1S/C14H12N6O2/c1-20-13-11(15-4-5-16-13)12(19-20)18-7-8-6-9-10(22-8)2-3-17-14(9)21/h2-6H,7H2,1H3,(H,17,21)(H,18,19). The molecule has 2 N–H and O–H groups in total. The molecule has 0 aliphatic rings. The van der Waals surface area contributed by atoms with Crippen molar-refractivity contribution in [2.24, 2.45) is 7.05 Å². The molecule has 0 bridgehead atoms. The van der Waals surface area contributed by atoms with E-state index >= 15 is 0 Å². The van der Waals surface area contributed by atoms with Gasteiger partial charge in [0, 0.05) is 25.6 Å². The molecule has 4 heterocycles. The smallest absolute Gasteiger partial charge is 0.259 e. The van der Waals surface area contributed by atoms with Crippen LogP contribution in [0.1, 0.15) is 5.76 Å². The topological polar surface area (TPSA) is 102 Å². The number of pyridine rings is 1. The number of hydrogen-bond donors (Lipinski definition) is 2. The number of rotatable bonds is 3. The summed E-state index contributed by atoms with van der Waals surface area (Å²) in [6.45, 7) is 0.400. The first-order chi connectivity index (χ1) is 10.7. The first-order valence-corrected chi connectivity index (χ1v) is 6.70. The summed E-state index contributed by atoms with van der Waals surface area (Å²) < 4.78 is 7.30. The maximum absolute atomic E-state index is 11.7. The van der Waals surface area contributed by atoms with Crippen LogP contribution < -0.4 is 10.9 Å². The molecule has 4 aromatic heterocycles. The number of anilines is 1. The number of aromatic amines is 1. The minimum atomic E-state index is -0.165.